The summed E-state index contributed by atoms with van der Waals surface area (Å²) in [7, 11) is 0. The molecule has 0 atom stereocenters. The number of alkyl halides is 2. The van der Waals surface area contributed by atoms with Crippen molar-refractivity contribution < 1.29 is 17.6 Å². The van der Waals surface area contributed by atoms with Crippen LogP contribution in [-0.4, -0.2) is 5.92 Å². The molecule has 1 aliphatic carbocycles. The second kappa shape index (κ2) is 2.58. The molecule has 0 fully saturated rings. The smallest absolute Gasteiger partial charge is 0.203 e. The van der Waals surface area contributed by atoms with Crippen LogP contribution in [0.3, 0.4) is 0 Å². The maximum atomic E-state index is 12.4. The van der Waals surface area contributed by atoms with E-state index in [4.69, 9.17) is 0 Å². The second-order valence-electron chi connectivity index (χ2n) is 1.83. The molecule has 0 spiro atoms. The van der Waals surface area contributed by atoms with Crippen LogP contribution in [-0.2, 0) is 0 Å². The van der Waals surface area contributed by atoms with Gasteiger partial charge in [0, 0.05) is 0 Å². The predicted molar refractivity (Wildman–Crippen MR) is 39.1 cm³/mol. The molecular formula is C5Br2F4. The Hall–Kier alpha value is 0.160. The van der Waals surface area contributed by atoms with Crippen LogP contribution in [0.2, 0.25) is 0 Å². The lowest BCUT2D eigenvalue weighted by Crippen LogP contribution is -2.13. The first kappa shape index (κ1) is 9.25. The Balaban J connectivity index is 3.27. The van der Waals surface area contributed by atoms with Crippen molar-refractivity contribution in [2.75, 3.05) is 0 Å². The van der Waals surface area contributed by atoms with Gasteiger partial charge in [-0.15, -0.1) is 0 Å². The lowest BCUT2D eigenvalue weighted by Gasteiger charge is -2.06. The molecule has 0 N–H and O–H groups in total. The first-order chi connectivity index (χ1) is 4.89. The molecule has 0 radical (unpaired) electrons. The summed E-state index contributed by atoms with van der Waals surface area (Å²) in [5, 5.41) is 0. The van der Waals surface area contributed by atoms with Crippen molar-refractivity contribution in [3.8, 4) is 0 Å². The summed E-state index contributed by atoms with van der Waals surface area (Å²) in [4.78, 5) is 0. The molecular weight excluding hydrogens is 296 g/mol. The van der Waals surface area contributed by atoms with Gasteiger partial charge in [0.1, 0.15) is 0 Å². The second-order valence-corrected chi connectivity index (χ2v) is 3.42. The SMILES string of the molecule is FC1=C(F)C(F)(F)C(Br)=C1Br. The van der Waals surface area contributed by atoms with E-state index >= 15 is 0 Å². The third kappa shape index (κ3) is 1.16. The Kier molecular flexibility index (Phi) is 2.17. The minimum Gasteiger partial charge on any atom is -0.203 e. The number of rotatable bonds is 0. The molecule has 0 aliphatic heterocycles. The van der Waals surface area contributed by atoms with Gasteiger partial charge in [0.2, 0.25) is 5.83 Å². The van der Waals surface area contributed by atoms with Gasteiger partial charge in [0.15, 0.2) is 5.83 Å². The molecule has 1 rings (SSSR count). The summed E-state index contributed by atoms with van der Waals surface area (Å²) < 4.78 is 48.1. The Bertz CT molecular complexity index is 240. The van der Waals surface area contributed by atoms with Crippen LogP contribution >= 0.6 is 31.9 Å². The fourth-order valence-corrected chi connectivity index (χ4v) is 1.34. The lowest BCUT2D eigenvalue weighted by molar-refractivity contribution is 0.0688. The van der Waals surface area contributed by atoms with E-state index in [1.807, 2.05) is 0 Å². The van der Waals surface area contributed by atoms with E-state index in [1.54, 1.807) is 0 Å². The van der Waals surface area contributed by atoms with E-state index in [2.05, 4.69) is 31.9 Å². The minimum absolute atomic E-state index is 0.569. The van der Waals surface area contributed by atoms with Crippen LogP contribution in [0.25, 0.3) is 0 Å². The summed E-state index contributed by atoms with van der Waals surface area (Å²) in [6.45, 7) is 0. The predicted octanol–water partition coefficient (Wildman–Crippen LogP) is 3.79. The van der Waals surface area contributed by atoms with Gasteiger partial charge < -0.3 is 0 Å². The summed E-state index contributed by atoms with van der Waals surface area (Å²) in [5.41, 5.74) is 0. The number of hydrogen-bond donors (Lipinski definition) is 0. The molecule has 0 bridgehead atoms. The molecule has 0 aromatic heterocycles. The molecule has 6 heteroatoms. The first-order valence-corrected chi connectivity index (χ1v) is 3.97. The van der Waals surface area contributed by atoms with Gasteiger partial charge in [-0.25, -0.2) is 8.78 Å². The van der Waals surface area contributed by atoms with Crippen LogP contribution in [0, 0.1) is 0 Å². The highest BCUT2D eigenvalue weighted by Gasteiger charge is 2.49. The fraction of sp³-hybridized carbons (Fsp3) is 0.200. The highest BCUT2D eigenvalue weighted by atomic mass is 79.9. The Morgan fingerprint density at radius 3 is 1.64 bits per heavy atom. The summed E-state index contributed by atoms with van der Waals surface area (Å²) in [6, 6.07) is 0. The maximum absolute atomic E-state index is 12.4. The monoisotopic (exact) mass is 294 g/mol. The van der Waals surface area contributed by atoms with Crippen molar-refractivity contribution in [2.24, 2.45) is 0 Å². The number of hydrogen-bond acceptors (Lipinski definition) is 0. The zero-order valence-corrected chi connectivity index (χ0v) is 7.94. The Labute approximate surface area is 76.2 Å². The van der Waals surface area contributed by atoms with E-state index in [0.29, 0.717) is 0 Å². The van der Waals surface area contributed by atoms with Crippen LogP contribution < -0.4 is 0 Å². The largest absolute Gasteiger partial charge is 0.334 e. The molecule has 0 heterocycles. The molecule has 0 aromatic carbocycles. The molecule has 0 aromatic rings. The zero-order valence-electron chi connectivity index (χ0n) is 4.77. The van der Waals surface area contributed by atoms with Gasteiger partial charge in [0.25, 0.3) is 0 Å². The quantitative estimate of drug-likeness (QED) is 0.597. The molecule has 0 nitrogen and oxygen atoms in total. The highest BCUT2D eigenvalue weighted by molar-refractivity contribution is 9.14. The molecule has 0 unspecified atom stereocenters. The van der Waals surface area contributed by atoms with Gasteiger partial charge in [-0.1, -0.05) is 0 Å². The summed E-state index contributed by atoms with van der Waals surface area (Å²) in [5.74, 6) is -7.47. The number of allylic oxidation sites excluding steroid dienone is 4. The van der Waals surface area contributed by atoms with Gasteiger partial charge in [-0.3, -0.25) is 0 Å². The van der Waals surface area contributed by atoms with E-state index < -0.39 is 26.5 Å². The van der Waals surface area contributed by atoms with E-state index in [1.165, 1.54) is 0 Å². The maximum Gasteiger partial charge on any atom is 0.334 e. The molecule has 11 heavy (non-hydrogen) atoms. The fourth-order valence-electron chi connectivity index (χ4n) is 0.565. The molecule has 62 valence electrons. The van der Waals surface area contributed by atoms with Crippen molar-refractivity contribution in [2.45, 2.75) is 5.92 Å². The first-order valence-electron chi connectivity index (χ1n) is 2.38. The molecule has 0 saturated heterocycles. The van der Waals surface area contributed by atoms with Crippen molar-refractivity contribution in [1.29, 1.82) is 0 Å². The van der Waals surface area contributed by atoms with Gasteiger partial charge in [-0.05, 0) is 31.9 Å². The average Bonchev–Trinajstić information content (AvgIpc) is 2.06. The van der Waals surface area contributed by atoms with E-state index in [9.17, 15) is 17.6 Å². The third-order valence-corrected chi connectivity index (χ3v) is 3.30. The highest BCUT2D eigenvalue weighted by Crippen LogP contribution is 2.50. The van der Waals surface area contributed by atoms with Crippen LogP contribution in [0.15, 0.2) is 20.6 Å². The summed E-state index contributed by atoms with van der Waals surface area (Å²) in [6.07, 6.45) is 0. The standard InChI is InChI=1S/C5Br2F4/c6-1-2(8)4(9)5(10,11)3(1)7. The normalized spacial score (nSPS) is 23.5. The Morgan fingerprint density at radius 1 is 1.09 bits per heavy atom. The van der Waals surface area contributed by atoms with Crippen molar-refractivity contribution in [1.82, 2.24) is 0 Å². The average molecular weight is 296 g/mol. The van der Waals surface area contributed by atoms with E-state index in [0.717, 1.165) is 0 Å². The molecule has 0 saturated carbocycles. The van der Waals surface area contributed by atoms with Gasteiger partial charge in [-0.2, -0.15) is 8.78 Å². The van der Waals surface area contributed by atoms with Crippen molar-refractivity contribution in [3.05, 3.63) is 20.6 Å². The molecule has 0 amide bonds. The van der Waals surface area contributed by atoms with Crippen LogP contribution in [0.5, 0.6) is 0 Å². The number of halogens is 6. The topological polar surface area (TPSA) is 0 Å². The van der Waals surface area contributed by atoms with Crippen molar-refractivity contribution in [3.63, 3.8) is 0 Å². The third-order valence-electron chi connectivity index (χ3n) is 1.13. The minimum atomic E-state index is -3.86. The van der Waals surface area contributed by atoms with Gasteiger partial charge >= 0.3 is 5.92 Å². The molecule has 1 aliphatic rings. The zero-order chi connectivity index (χ0) is 8.81. The Morgan fingerprint density at radius 2 is 1.55 bits per heavy atom. The van der Waals surface area contributed by atoms with Crippen LogP contribution in [0.1, 0.15) is 0 Å². The van der Waals surface area contributed by atoms with Crippen molar-refractivity contribution >= 4 is 31.9 Å². The van der Waals surface area contributed by atoms with Crippen LogP contribution in [0.4, 0.5) is 17.6 Å². The lowest BCUT2D eigenvalue weighted by atomic mass is 10.4. The van der Waals surface area contributed by atoms with Gasteiger partial charge in [0.05, 0.1) is 8.96 Å². The van der Waals surface area contributed by atoms with E-state index in [-0.39, 0.29) is 0 Å². The summed E-state index contributed by atoms with van der Waals surface area (Å²) >= 11 is 4.83.